The minimum atomic E-state index is -0.277. The van der Waals surface area contributed by atoms with Gasteiger partial charge in [-0.1, -0.05) is 16.8 Å². The molecule has 0 spiro atoms. The molecule has 3 heterocycles. The summed E-state index contributed by atoms with van der Waals surface area (Å²) < 4.78 is 10.6. The molecule has 1 aliphatic rings. The second-order valence-corrected chi connectivity index (χ2v) is 6.30. The van der Waals surface area contributed by atoms with Gasteiger partial charge in [0.25, 0.3) is 5.89 Å². The molecule has 0 radical (unpaired) electrons. The largest absolute Gasteiger partial charge is 0.379 e. The highest BCUT2D eigenvalue weighted by Crippen LogP contribution is 2.35. The van der Waals surface area contributed by atoms with Crippen LogP contribution in [0.15, 0.2) is 9.90 Å². The summed E-state index contributed by atoms with van der Waals surface area (Å²) in [6.07, 6.45) is 0. The molecule has 6 nitrogen and oxygen atoms in total. The molecule has 1 aliphatic heterocycles. The van der Waals surface area contributed by atoms with Gasteiger partial charge < -0.3 is 15.0 Å². The van der Waals surface area contributed by atoms with E-state index in [9.17, 15) is 0 Å². The van der Waals surface area contributed by atoms with E-state index >= 15 is 0 Å². The molecule has 1 fully saturated rings. The molecule has 0 bridgehead atoms. The predicted molar refractivity (Wildman–Crippen MR) is 81.5 cm³/mol. The van der Waals surface area contributed by atoms with Crippen molar-refractivity contribution in [1.82, 2.24) is 15.0 Å². The van der Waals surface area contributed by atoms with Gasteiger partial charge in [0.05, 0.1) is 24.3 Å². The predicted octanol–water partition coefficient (Wildman–Crippen LogP) is 2.09. The summed E-state index contributed by atoms with van der Waals surface area (Å²) in [5.74, 6) is 0.948. The zero-order valence-corrected chi connectivity index (χ0v) is 13.3. The lowest BCUT2D eigenvalue weighted by Gasteiger charge is -2.27. The summed E-state index contributed by atoms with van der Waals surface area (Å²) in [6.45, 7) is 5.90. The van der Waals surface area contributed by atoms with Crippen molar-refractivity contribution in [3.63, 3.8) is 0 Å². The second-order valence-electron chi connectivity index (χ2n) is 5.04. The Balaban J connectivity index is 1.70. The van der Waals surface area contributed by atoms with Crippen LogP contribution in [0.2, 0.25) is 5.02 Å². The summed E-state index contributed by atoms with van der Waals surface area (Å²) in [4.78, 5) is 7.43. The first-order valence-corrected chi connectivity index (χ1v) is 8.04. The van der Waals surface area contributed by atoms with Crippen molar-refractivity contribution in [2.75, 3.05) is 32.8 Å². The number of aromatic nitrogens is 2. The van der Waals surface area contributed by atoms with Crippen LogP contribution in [0.5, 0.6) is 0 Å². The molecule has 0 saturated carbocycles. The number of nitrogens with zero attached hydrogens (tertiary/aromatic N) is 3. The van der Waals surface area contributed by atoms with Crippen LogP contribution in [-0.4, -0.2) is 47.9 Å². The maximum Gasteiger partial charge on any atom is 0.269 e. The Morgan fingerprint density at radius 3 is 2.90 bits per heavy atom. The van der Waals surface area contributed by atoms with Crippen LogP contribution in [0.25, 0.3) is 10.8 Å². The third-order valence-corrected chi connectivity index (χ3v) is 5.11. The molecule has 1 atom stereocenters. The highest BCUT2D eigenvalue weighted by atomic mass is 35.5. The molecule has 0 aliphatic carbocycles. The maximum atomic E-state index is 6.22. The van der Waals surface area contributed by atoms with E-state index in [-0.39, 0.29) is 6.04 Å². The third kappa shape index (κ3) is 3.27. The molecule has 3 rings (SSSR count). The van der Waals surface area contributed by atoms with Crippen molar-refractivity contribution in [2.24, 2.45) is 5.73 Å². The number of aryl methyl sites for hydroxylation is 1. The highest BCUT2D eigenvalue weighted by molar-refractivity contribution is 7.14. The molecular weight excluding hydrogens is 312 g/mol. The van der Waals surface area contributed by atoms with Crippen LogP contribution >= 0.6 is 22.9 Å². The summed E-state index contributed by atoms with van der Waals surface area (Å²) in [5, 5.41) is 6.62. The van der Waals surface area contributed by atoms with Crippen LogP contribution in [-0.2, 0) is 4.74 Å². The first-order chi connectivity index (χ1) is 10.1. The summed E-state index contributed by atoms with van der Waals surface area (Å²) >= 11 is 7.71. The fourth-order valence-corrected chi connectivity index (χ4v) is 3.39. The Hall–Kier alpha value is -0.990. The van der Waals surface area contributed by atoms with Gasteiger partial charge in [-0.2, -0.15) is 4.98 Å². The number of hydrogen-bond acceptors (Lipinski definition) is 7. The summed E-state index contributed by atoms with van der Waals surface area (Å²) in [7, 11) is 0. The van der Waals surface area contributed by atoms with E-state index in [0.29, 0.717) is 23.3 Å². The standard InChI is InChI=1S/C13H17ClN4O2S/c1-8-7-21-11(10(8)14)13-16-12(17-20-13)9(15)6-18-2-4-19-5-3-18/h7,9H,2-6,15H2,1H3. The van der Waals surface area contributed by atoms with Crippen LogP contribution in [0.4, 0.5) is 0 Å². The van der Waals surface area contributed by atoms with Crippen molar-refractivity contribution in [3.8, 4) is 10.8 Å². The molecule has 2 aromatic rings. The lowest BCUT2D eigenvalue weighted by Crippen LogP contribution is -2.40. The Bertz CT molecular complexity index is 609. The number of hydrogen-bond donors (Lipinski definition) is 1. The quantitative estimate of drug-likeness (QED) is 0.926. The summed E-state index contributed by atoms with van der Waals surface area (Å²) in [6, 6.07) is -0.277. The van der Waals surface area contributed by atoms with E-state index in [1.807, 2.05) is 12.3 Å². The SMILES string of the molecule is Cc1csc(-c2nc(C(N)CN3CCOCC3)no2)c1Cl. The highest BCUT2D eigenvalue weighted by Gasteiger charge is 2.21. The number of thiophene rings is 1. The van der Waals surface area contributed by atoms with E-state index in [1.165, 1.54) is 11.3 Å². The normalized spacial score (nSPS) is 18.0. The zero-order valence-electron chi connectivity index (χ0n) is 11.7. The van der Waals surface area contributed by atoms with Gasteiger partial charge in [-0.3, -0.25) is 4.90 Å². The Morgan fingerprint density at radius 2 is 2.24 bits per heavy atom. The van der Waals surface area contributed by atoms with Crippen molar-refractivity contribution >= 4 is 22.9 Å². The monoisotopic (exact) mass is 328 g/mol. The molecule has 0 aromatic carbocycles. The van der Waals surface area contributed by atoms with E-state index in [0.717, 1.165) is 36.7 Å². The summed E-state index contributed by atoms with van der Waals surface area (Å²) in [5.41, 5.74) is 7.17. The van der Waals surface area contributed by atoms with Gasteiger partial charge in [0.2, 0.25) is 0 Å². The number of rotatable bonds is 4. The second kappa shape index (κ2) is 6.41. The molecule has 1 unspecified atom stereocenters. The van der Waals surface area contributed by atoms with Gasteiger partial charge in [0, 0.05) is 19.6 Å². The van der Waals surface area contributed by atoms with Gasteiger partial charge >= 0.3 is 0 Å². The van der Waals surface area contributed by atoms with Crippen molar-refractivity contribution in [3.05, 3.63) is 21.8 Å². The first-order valence-electron chi connectivity index (χ1n) is 6.78. The number of ether oxygens (including phenoxy) is 1. The Morgan fingerprint density at radius 1 is 1.48 bits per heavy atom. The topological polar surface area (TPSA) is 77.4 Å². The van der Waals surface area contributed by atoms with Gasteiger partial charge in [0.1, 0.15) is 4.88 Å². The van der Waals surface area contributed by atoms with E-state index in [1.54, 1.807) is 0 Å². The molecule has 2 aromatic heterocycles. The molecule has 21 heavy (non-hydrogen) atoms. The minimum absolute atomic E-state index is 0.277. The van der Waals surface area contributed by atoms with Gasteiger partial charge in [-0.05, 0) is 17.9 Å². The zero-order chi connectivity index (χ0) is 14.8. The van der Waals surface area contributed by atoms with Crippen LogP contribution in [0.1, 0.15) is 17.4 Å². The average molecular weight is 329 g/mol. The van der Waals surface area contributed by atoms with Gasteiger partial charge in [-0.25, -0.2) is 0 Å². The fraction of sp³-hybridized carbons (Fsp3) is 0.538. The molecule has 114 valence electrons. The Labute approximate surface area is 131 Å². The fourth-order valence-electron chi connectivity index (χ4n) is 2.20. The molecule has 2 N–H and O–H groups in total. The number of halogens is 1. The molecular formula is C13H17ClN4O2S. The van der Waals surface area contributed by atoms with Crippen molar-refractivity contribution in [2.45, 2.75) is 13.0 Å². The minimum Gasteiger partial charge on any atom is -0.379 e. The average Bonchev–Trinajstić information content (AvgIpc) is 3.09. The first kappa shape index (κ1) is 14.9. The molecule has 1 saturated heterocycles. The van der Waals surface area contributed by atoms with E-state index in [4.69, 9.17) is 26.6 Å². The van der Waals surface area contributed by atoms with Crippen molar-refractivity contribution in [1.29, 1.82) is 0 Å². The third-order valence-electron chi connectivity index (χ3n) is 3.43. The molecule has 8 heteroatoms. The van der Waals surface area contributed by atoms with Crippen LogP contribution < -0.4 is 5.73 Å². The lowest BCUT2D eigenvalue weighted by atomic mass is 10.2. The smallest absolute Gasteiger partial charge is 0.269 e. The number of morpholine rings is 1. The van der Waals surface area contributed by atoms with Crippen molar-refractivity contribution < 1.29 is 9.26 Å². The van der Waals surface area contributed by atoms with Crippen LogP contribution in [0.3, 0.4) is 0 Å². The molecule has 0 amide bonds. The van der Waals surface area contributed by atoms with Crippen LogP contribution in [0, 0.1) is 6.92 Å². The van der Waals surface area contributed by atoms with E-state index < -0.39 is 0 Å². The Kier molecular flexibility index (Phi) is 4.56. The lowest BCUT2D eigenvalue weighted by molar-refractivity contribution is 0.0348. The van der Waals surface area contributed by atoms with E-state index in [2.05, 4.69) is 15.0 Å². The van der Waals surface area contributed by atoms with Gasteiger partial charge in [-0.15, -0.1) is 11.3 Å². The number of nitrogens with two attached hydrogens (primary N) is 1. The maximum absolute atomic E-state index is 6.22. The van der Waals surface area contributed by atoms with Gasteiger partial charge in [0.15, 0.2) is 5.82 Å².